The van der Waals surface area contributed by atoms with Crippen LogP contribution in [0.1, 0.15) is 23.2 Å². The monoisotopic (exact) mass is 217 g/mol. The van der Waals surface area contributed by atoms with Crippen molar-refractivity contribution in [2.75, 3.05) is 11.9 Å². The van der Waals surface area contributed by atoms with Gasteiger partial charge in [-0.15, -0.1) is 0 Å². The van der Waals surface area contributed by atoms with E-state index in [0.717, 1.165) is 30.5 Å². The van der Waals surface area contributed by atoms with E-state index < -0.39 is 5.97 Å². The van der Waals surface area contributed by atoms with Crippen LogP contribution in [-0.2, 0) is 17.6 Å². The summed E-state index contributed by atoms with van der Waals surface area (Å²) in [7, 11) is 0. The Hall–Kier alpha value is -2.09. The van der Waals surface area contributed by atoms with E-state index in [1.165, 1.54) is 0 Å². The van der Waals surface area contributed by atoms with Crippen molar-refractivity contribution in [3.05, 3.63) is 22.9 Å². The van der Waals surface area contributed by atoms with Crippen molar-refractivity contribution in [2.45, 2.75) is 19.3 Å². The number of hydrogen-bond donors (Lipinski definition) is 2. The van der Waals surface area contributed by atoms with E-state index in [2.05, 4.69) is 10.3 Å². The van der Waals surface area contributed by atoms with E-state index >= 15 is 0 Å². The van der Waals surface area contributed by atoms with Gasteiger partial charge in [-0.3, -0.25) is 4.79 Å². The zero-order chi connectivity index (χ0) is 11.5. The normalized spacial score (nSPS) is 12.9. The molecular weight excluding hydrogens is 206 g/mol. The second-order valence-electron chi connectivity index (χ2n) is 3.70. The molecule has 0 aliphatic heterocycles. The summed E-state index contributed by atoms with van der Waals surface area (Å²) in [4.78, 5) is 14.7. The van der Waals surface area contributed by atoms with E-state index in [9.17, 15) is 4.79 Å². The molecule has 0 radical (unpaired) electrons. The van der Waals surface area contributed by atoms with Gasteiger partial charge in [-0.1, -0.05) is 0 Å². The summed E-state index contributed by atoms with van der Waals surface area (Å²) in [5, 5.41) is 20.2. The molecule has 1 aliphatic rings. The molecule has 0 spiro atoms. The van der Waals surface area contributed by atoms with Crippen LogP contribution in [0.5, 0.6) is 0 Å². The molecule has 82 valence electrons. The number of aromatic nitrogens is 1. The first kappa shape index (κ1) is 10.4. The summed E-state index contributed by atoms with van der Waals surface area (Å²) in [6.07, 6.45) is 2.91. The molecule has 16 heavy (non-hydrogen) atoms. The van der Waals surface area contributed by atoms with Crippen molar-refractivity contribution in [1.82, 2.24) is 4.98 Å². The number of aliphatic carboxylic acids is 1. The van der Waals surface area contributed by atoms with Gasteiger partial charge in [0.1, 0.15) is 18.4 Å². The first-order valence-corrected chi connectivity index (χ1v) is 5.09. The van der Waals surface area contributed by atoms with E-state index in [4.69, 9.17) is 10.4 Å². The number of carboxylic acid groups (broad SMARTS) is 1. The van der Waals surface area contributed by atoms with Crippen molar-refractivity contribution in [2.24, 2.45) is 0 Å². The zero-order valence-electron chi connectivity index (χ0n) is 8.66. The second kappa shape index (κ2) is 4.19. The summed E-state index contributed by atoms with van der Waals surface area (Å²) in [6.45, 7) is -0.222. The highest BCUT2D eigenvalue weighted by Gasteiger charge is 2.16. The average Bonchev–Trinajstić information content (AvgIpc) is 2.71. The third-order valence-corrected chi connectivity index (χ3v) is 2.58. The van der Waals surface area contributed by atoms with Gasteiger partial charge in [-0.05, 0) is 30.9 Å². The molecule has 0 bridgehead atoms. The van der Waals surface area contributed by atoms with E-state index in [1.807, 2.05) is 6.07 Å². The van der Waals surface area contributed by atoms with Crippen LogP contribution in [0.25, 0.3) is 0 Å². The van der Waals surface area contributed by atoms with Crippen LogP contribution in [0.4, 0.5) is 5.82 Å². The molecule has 0 unspecified atom stereocenters. The minimum absolute atomic E-state index is 0.222. The maximum atomic E-state index is 10.4. The maximum Gasteiger partial charge on any atom is 0.322 e. The molecule has 0 saturated heterocycles. The number of nitrogens with one attached hydrogen (secondary N) is 1. The van der Waals surface area contributed by atoms with Gasteiger partial charge < -0.3 is 10.4 Å². The summed E-state index contributed by atoms with van der Waals surface area (Å²) in [5.74, 6) is -0.586. The molecule has 0 saturated carbocycles. The molecule has 1 aromatic rings. The van der Waals surface area contributed by atoms with Crippen molar-refractivity contribution in [1.29, 1.82) is 5.26 Å². The van der Waals surface area contributed by atoms with Crippen LogP contribution in [0.2, 0.25) is 0 Å². The Balaban J connectivity index is 2.30. The highest BCUT2D eigenvalue weighted by atomic mass is 16.4. The van der Waals surface area contributed by atoms with Crippen LogP contribution in [-0.4, -0.2) is 22.6 Å². The van der Waals surface area contributed by atoms with Crippen molar-refractivity contribution in [3.63, 3.8) is 0 Å². The molecule has 1 aliphatic carbocycles. The number of rotatable bonds is 3. The van der Waals surface area contributed by atoms with Crippen LogP contribution < -0.4 is 5.32 Å². The lowest BCUT2D eigenvalue weighted by atomic mass is 10.1. The smallest absolute Gasteiger partial charge is 0.322 e. The molecule has 2 rings (SSSR count). The minimum Gasteiger partial charge on any atom is -0.480 e. The van der Waals surface area contributed by atoms with Crippen LogP contribution in [0.3, 0.4) is 0 Å². The number of fused-ring (bicyclic) bond motifs is 1. The Morgan fingerprint density at radius 2 is 2.44 bits per heavy atom. The lowest BCUT2D eigenvalue weighted by Gasteiger charge is -2.07. The molecule has 5 nitrogen and oxygen atoms in total. The Morgan fingerprint density at radius 1 is 1.62 bits per heavy atom. The molecule has 2 N–H and O–H groups in total. The number of pyridine rings is 1. The highest BCUT2D eigenvalue weighted by molar-refractivity contribution is 5.73. The Kier molecular flexibility index (Phi) is 2.73. The van der Waals surface area contributed by atoms with Gasteiger partial charge in [0.05, 0.1) is 5.56 Å². The Labute approximate surface area is 92.7 Å². The Morgan fingerprint density at radius 3 is 3.12 bits per heavy atom. The summed E-state index contributed by atoms with van der Waals surface area (Å²) >= 11 is 0. The lowest BCUT2D eigenvalue weighted by molar-refractivity contribution is -0.134. The van der Waals surface area contributed by atoms with Gasteiger partial charge in [0.25, 0.3) is 0 Å². The van der Waals surface area contributed by atoms with Gasteiger partial charge >= 0.3 is 5.97 Å². The largest absolute Gasteiger partial charge is 0.480 e. The van der Waals surface area contributed by atoms with E-state index in [1.54, 1.807) is 6.07 Å². The number of hydrogen-bond acceptors (Lipinski definition) is 4. The highest BCUT2D eigenvalue weighted by Crippen LogP contribution is 2.24. The topological polar surface area (TPSA) is 86.0 Å². The van der Waals surface area contributed by atoms with Crippen molar-refractivity contribution < 1.29 is 9.90 Å². The van der Waals surface area contributed by atoms with Gasteiger partial charge in [-0.25, -0.2) is 4.98 Å². The third kappa shape index (κ3) is 1.96. The van der Waals surface area contributed by atoms with Gasteiger partial charge in [-0.2, -0.15) is 5.26 Å². The number of anilines is 1. The fraction of sp³-hybridized carbons (Fsp3) is 0.364. The SMILES string of the molecule is N#Cc1cc2c(nc1NCC(=O)O)CCC2. The molecule has 1 aromatic heterocycles. The first-order chi connectivity index (χ1) is 7.70. The number of carbonyl (C=O) groups is 1. The number of carboxylic acids is 1. The minimum atomic E-state index is -0.966. The second-order valence-corrected chi connectivity index (χ2v) is 3.70. The standard InChI is InChI=1S/C11H11N3O2/c12-5-8-4-7-2-1-3-9(7)14-11(8)13-6-10(15)16/h4H,1-3,6H2,(H,13,14)(H,15,16). The molecule has 0 atom stereocenters. The molecule has 0 fully saturated rings. The predicted molar refractivity (Wildman–Crippen MR) is 57.1 cm³/mol. The number of nitriles is 1. The molecule has 1 heterocycles. The molecular formula is C11H11N3O2. The summed E-state index contributed by atoms with van der Waals surface area (Å²) < 4.78 is 0. The fourth-order valence-corrected chi connectivity index (χ4v) is 1.85. The van der Waals surface area contributed by atoms with Crippen LogP contribution in [0.15, 0.2) is 6.07 Å². The lowest BCUT2D eigenvalue weighted by Crippen LogP contribution is -2.14. The van der Waals surface area contributed by atoms with Gasteiger partial charge in [0, 0.05) is 5.69 Å². The van der Waals surface area contributed by atoms with Gasteiger partial charge in [0.15, 0.2) is 0 Å². The maximum absolute atomic E-state index is 10.4. The van der Waals surface area contributed by atoms with E-state index in [-0.39, 0.29) is 6.54 Å². The first-order valence-electron chi connectivity index (χ1n) is 5.09. The van der Waals surface area contributed by atoms with E-state index in [0.29, 0.717) is 11.4 Å². The van der Waals surface area contributed by atoms with Crippen LogP contribution >= 0.6 is 0 Å². The predicted octanol–water partition coefficient (Wildman–Crippen LogP) is 0.938. The van der Waals surface area contributed by atoms with Crippen molar-refractivity contribution >= 4 is 11.8 Å². The molecule has 0 amide bonds. The fourth-order valence-electron chi connectivity index (χ4n) is 1.85. The summed E-state index contributed by atoms with van der Waals surface area (Å²) in [6, 6.07) is 3.84. The third-order valence-electron chi connectivity index (χ3n) is 2.58. The van der Waals surface area contributed by atoms with Crippen molar-refractivity contribution in [3.8, 4) is 6.07 Å². The number of aryl methyl sites for hydroxylation is 2. The van der Waals surface area contributed by atoms with Gasteiger partial charge in [0.2, 0.25) is 0 Å². The Bertz CT molecular complexity index is 477. The van der Waals surface area contributed by atoms with Crippen LogP contribution in [0, 0.1) is 11.3 Å². The molecule has 5 heteroatoms. The quantitative estimate of drug-likeness (QED) is 0.786. The number of nitrogens with zero attached hydrogens (tertiary/aromatic N) is 2. The summed E-state index contributed by atoms with van der Waals surface area (Å²) in [5.41, 5.74) is 2.51. The zero-order valence-corrected chi connectivity index (χ0v) is 8.66. The molecule has 0 aromatic carbocycles. The average molecular weight is 217 g/mol.